The monoisotopic (exact) mass is 363 g/mol. The Morgan fingerprint density at radius 2 is 2.04 bits per heavy atom. The van der Waals surface area contributed by atoms with Crippen molar-refractivity contribution in [3.05, 3.63) is 64.0 Å². The van der Waals surface area contributed by atoms with Gasteiger partial charge in [0, 0.05) is 27.6 Å². The van der Waals surface area contributed by atoms with Crippen LogP contribution in [-0.2, 0) is 9.53 Å². The summed E-state index contributed by atoms with van der Waals surface area (Å²) >= 11 is 7.27. The molecule has 1 N–H and O–H groups in total. The van der Waals surface area contributed by atoms with Gasteiger partial charge in [0.25, 0.3) is 5.91 Å². The normalized spacial score (nSPS) is 14.3. The summed E-state index contributed by atoms with van der Waals surface area (Å²) < 4.78 is 19.7. The summed E-state index contributed by atoms with van der Waals surface area (Å²) in [6, 6.07) is 11.6. The zero-order chi connectivity index (χ0) is 17.1. The van der Waals surface area contributed by atoms with Crippen LogP contribution in [0, 0.1) is 5.82 Å². The molecule has 1 heterocycles. The molecule has 1 aliphatic rings. The Kier molecular flexibility index (Phi) is 5.11. The third-order valence-corrected chi connectivity index (χ3v) is 4.94. The SMILES string of the molecule is CC1=C(C(=O)Nc2ccccc2-c2ccc(Cl)cc2F)SCCO1. The molecule has 3 nitrogen and oxygen atoms in total. The Hall–Kier alpha value is -1.98. The molecule has 2 aromatic carbocycles. The van der Waals surface area contributed by atoms with Gasteiger partial charge >= 0.3 is 0 Å². The Balaban J connectivity index is 1.94. The molecule has 0 saturated heterocycles. The van der Waals surface area contributed by atoms with Crippen molar-refractivity contribution in [1.29, 1.82) is 0 Å². The Bertz CT molecular complexity index is 822. The van der Waals surface area contributed by atoms with Crippen LogP contribution in [0.15, 0.2) is 53.1 Å². The van der Waals surface area contributed by atoms with E-state index >= 15 is 0 Å². The molecule has 0 radical (unpaired) electrons. The quantitative estimate of drug-likeness (QED) is 0.826. The number of benzene rings is 2. The van der Waals surface area contributed by atoms with Gasteiger partial charge in [-0.1, -0.05) is 29.8 Å². The van der Waals surface area contributed by atoms with Crippen LogP contribution < -0.4 is 5.32 Å². The second kappa shape index (κ2) is 7.28. The standard InChI is InChI=1S/C18H15ClFNO2S/c1-11-17(24-9-8-23-11)18(22)21-16-5-3-2-4-14(16)13-7-6-12(19)10-15(13)20/h2-7,10H,8-9H2,1H3,(H,21,22). The number of carbonyl (C=O) groups is 1. The molecule has 2 aromatic rings. The van der Waals surface area contributed by atoms with Crippen molar-refractivity contribution in [2.75, 3.05) is 17.7 Å². The molecule has 0 spiro atoms. The van der Waals surface area contributed by atoms with Gasteiger partial charge in [0.1, 0.15) is 16.5 Å². The zero-order valence-electron chi connectivity index (χ0n) is 12.9. The number of rotatable bonds is 3. The summed E-state index contributed by atoms with van der Waals surface area (Å²) in [6.07, 6.45) is 0. The lowest BCUT2D eigenvalue weighted by molar-refractivity contribution is -0.112. The third kappa shape index (κ3) is 3.57. The molecule has 0 aromatic heterocycles. The number of thioether (sulfide) groups is 1. The summed E-state index contributed by atoms with van der Waals surface area (Å²) in [5, 5.41) is 3.18. The Labute approximate surface area is 148 Å². The van der Waals surface area contributed by atoms with Gasteiger partial charge in [-0.15, -0.1) is 11.8 Å². The summed E-state index contributed by atoms with van der Waals surface area (Å²) in [4.78, 5) is 13.1. The molecule has 6 heteroatoms. The van der Waals surface area contributed by atoms with E-state index in [0.717, 1.165) is 5.75 Å². The maximum absolute atomic E-state index is 14.2. The summed E-state index contributed by atoms with van der Waals surface area (Å²) in [5.41, 5.74) is 1.52. The molecule has 24 heavy (non-hydrogen) atoms. The van der Waals surface area contributed by atoms with E-state index in [4.69, 9.17) is 16.3 Å². The van der Waals surface area contributed by atoms with Gasteiger partial charge < -0.3 is 10.1 Å². The van der Waals surface area contributed by atoms with E-state index in [-0.39, 0.29) is 5.91 Å². The lowest BCUT2D eigenvalue weighted by Crippen LogP contribution is -2.18. The maximum Gasteiger partial charge on any atom is 0.265 e. The summed E-state index contributed by atoms with van der Waals surface area (Å²) in [5.74, 6) is 0.654. The molecule has 1 aliphatic heterocycles. The first-order chi connectivity index (χ1) is 11.6. The highest BCUT2D eigenvalue weighted by Gasteiger charge is 2.20. The van der Waals surface area contributed by atoms with Gasteiger partial charge in [-0.05, 0) is 31.2 Å². The van der Waals surface area contributed by atoms with Crippen LogP contribution in [0.5, 0.6) is 0 Å². The van der Waals surface area contributed by atoms with Gasteiger partial charge in [0.15, 0.2) is 0 Å². The van der Waals surface area contributed by atoms with Gasteiger partial charge in [-0.2, -0.15) is 0 Å². The Morgan fingerprint density at radius 1 is 1.25 bits per heavy atom. The third-order valence-electron chi connectivity index (χ3n) is 3.57. The predicted molar refractivity (Wildman–Crippen MR) is 96.6 cm³/mol. The number of hydrogen-bond acceptors (Lipinski definition) is 3. The van der Waals surface area contributed by atoms with Crippen LogP contribution in [0.25, 0.3) is 11.1 Å². The largest absolute Gasteiger partial charge is 0.496 e. The molecular weight excluding hydrogens is 349 g/mol. The number of ether oxygens (including phenoxy) is 1. The smallest absolute Gasteiger partial charge is 0.265 e. The van der Waals surface area contributed by atoms with E-state index in [9.17, 15) is 9.18 Å². The number of allylic oxidation sites excluding steroid dienone is 1. The van der Waals surface area contributed by atoms with E-state index in [0.29, 0.717) is 39.1 Å². The minimum atomic E-state index is -0.435. The number of anilines is 1. The number of nitrogens with one attached hydrogen (secondary N) is 1. The minimum Gasteiger partial charge on any atom is -0.496 e. The average molecular weight is 364 g/mol. The molecule has 0 aliphatic carbocycles. The van der Waals surface area contributed by atoms with Crippen molar-refractivity contribution in [1.82, 2.24) is 0 Å². The first kappa shape index (κ1) is 16.9. The molecule has 0 atom stereocenters. The van der Waals surface area contributed by atoms with Gasteiger partial charge in [-0.3, -0.25) is 4.79 Å². The van der Waals surface area contributed by atoms with Crippen molar-refractivity contribution in [2.24, 2.45) is 0 Å². The fourth-order valence-electron chi connectivity index (χ4n) is 2.45. The number of hydrogen-bond donors (Lipinski definition) is 1. The first-order valence-electron chi connectivity index (χ1n) is 7.38. The molecule has 0 saturated carbocycles. The molecule has 3 rings (SSSR count). The number of para-hydroxylation sites is 1. The fraction of sp³-hybridized carbons (Fsp3) is 0.167. The maximum atomic E-state index is 14.2. The average Bonchev–Trinajstić information content (AvgIpc) is 2.56. The second-order valence-corrected chi connectivity index (χ2v) is 6.75. The van der Waals surface area contributed by atoms with Crippen LogP contribution in [0.3, 0.4) is 0 Å². The van der Waals surface area contributed by atoms with Crippen LogP contribution in [0.2, 0.25) is 5.02 Å². The lowest BCUT2D eigenvalue weighted by atomic mass is 10.0. The number of amides is 1. The van der Waals surface area contributed by atoms with Crippen molar-refractivity contribution in [2.45, 2.75) is 6.92 Å². The molecular formula is C18H15ClFNO2S. The lowest BCUT2D eigenvalue weighted by Gasteiger charge is -2.18. The van der Waals surface area contributed by atoms with Crippen molar-refractivity contribution < 1.29 is 13.9 Å². The summed E-state index contributed by atoms with van der Waals surface area (Å²) in [7, 11) is 0. The minimum absolute atomic E-state index is 0.251. The van der Waals surface area contributed by atoms with Crippen LogP contribution in [0.1, 0.15) is 6.92 Å². The molecule has 124 valence electrons. The highest BCUT2D eigenvalue weighted by Crippen LogP contribution is 2.33. The van der Waals surface area contributed by atoms with Gasteiger partial charge in [0.2, 0.25) is 0 Å². The van der Waals surface area contributed by atoms with Crippen LogP contribution >= 0.6 is 23.4 Å². The van der Waals surface area contributed by atoms with Crippen LogP contribution in [-0.4, -0.2) is 18.3 Å². The zero-order valence-corrected chi connectivity index (χ0v) is 14.5. The van der Waals surface area contributed by atoms with E-state index in [1.807, 2.05) is 0 Å². The van der Waals surface area contributed by atoms with E-state index in [2.05, 4.69) is 5.32 Å². The first-order valence-corrected chi connectivity index (χ1v) is 8.75. The van der Waals surface area contributed by atoms with Crippen molar-refractivity contribution >= 4 is 35.0 Å². The van der Waals surface area contributed by atoms with Crippen molar-refractivity contribution in [3.8, 4) is 11.1 Å². The van der Waals surface area contributed by atoms with Gasteiger partial charge in [0.05, 0.1) is 6.61 Å². The topological polar surface area (TPSA) is 38.3 Å². The molecule has 0 bridgehead atoms. The van der Waals surface area contributed by atoms with E-state index in [1.54, 1.807) is 43.3 Å². The molecule has 0 unspecified atom stereocenters. The number of halogens is 2. The van der Waals surface area contributed by atoms with E-state index in [1.165, 1.54) is 17.8 Å². The second-order valence-electron chi connectivity index (χ2n) is 5.21. The van der Waals surface area contributed by atoms with Crippen LogP contribution in [0.4, 0.5) is 10.1 Å². The number of carbonyl (C=O) groups excluding carboxylic acids is 1. The van der Waals surface area contributed by atoms with Gasteiger partial charge in [-0.25, -0.2) is 4.39 Å². The summed E-state index contributed by atoms with van der Waals surface area (Å²) in [6.45, 7) is 2.37. The fourth-order valence-corrected chi connectivity index (χ4v) is 3.42. The highest BCUT2D eigenvalue weighted by atomic mass is 35.5. The van der Waals surface area contributed by atoms with E-state index < -0.39 is 5.82 Å². The Morgan fingerprint density at radius 3 is 2.79 bits per heavy atom. The molecule has 0 fully saturated rings. The molecule has 1 amide bonds. The van der Waals surface area contributed by atoms with Crippen molar-refractivity contribution in [3.63, 3.8) is 0 Å². The highest BCUT2D eigenvalue weighted by molar-refractivity contribution is 8.04. The predicted octanol–water partition coefficient (Wildman–Crippen LogP) is 5.08.